The lowest BCUT2D eigenvalue weighted by Gasteiger charge is -2.47. The number of carbonyl (C=O) groups excluding carboxylic acids is 1. The fourth-order valence-electron chi connectivity index (χ4n) is 5.19. The molecule has 8 heteroatoms. The van der Waals surface area contributed by atoms with Gasteiger partial charge >= 0.3 is 0 Å². The number of hydrogen-bond donors (Lipinski definition) is 1. The summed E-state index contributed by atoms with van der Waals surface area (Å²) >= 11 is 0. The van der Waals surface area contributed by atoms with Crippen LogP contribution in [0.4, 0.5) is 17.5 Å². The summed E-state index contributed by atoms with van der Waals surface area (Å²) in [5.74, 6) is 1.89. The first-order chi connectivity index (χ1) is 14.9. The van der Waals surface area contributed by atoms with Crippen molar-refractivity contribution >= 4 is 23.4 Å². The molecule has 2 aliphatic rings. The number of anilines is 3. The standard InChI is InChI=1S/C23H35N7O/c1-5-20(31)30-12-10-23(11-13-30)8-6-19(7-9-23)29(4)21-17(2)14-24-22(27-21)26-18-15-25-28(3)16-18/h14-16,19H,5-13H2,1-4H3,(H,24,26,27). The SMILES string of the molecule is CCC(=O)N1CCC2(CCC(N(C)c3nc(Nc4cnn(C)c4)ncc3C)CC2)CC1. The minimum absolute atomic E-state index is 0.304. The molecular weight excluding hydrogens is 390 g/mol. The number of nitrogens with one attached hydrogen (secondary N) is 1. The van der Waals surface area contributed by atoms with Crippen LogP contribution in [0.1, 0.15) is 57.4 Å². The predicted octanol–water partition coefficient (Wildman–Crippen LogP) is 3.66. The van der Waals surface area contributed by atoms with Crippen LogP contribution in [0.3, 0.4) is 0 Å². The van der Waals surface area contributed by atoms with Crippen molar-refractivity contribution in [3.05, 3.63) is 24.2 Å². The van der Waals surface area contributed by atoms with E-state index < -0.39 is 0 Å². The van der Waals surface area contributed by atoms with Crippen molar-refractivity contribution in [1.82, 2.24) is 24.6 Å². The number of rotatable bonds is 5. The van der Waals surface area contributed by atoms with E-state index in [1.807, 2.05) is 26.4 Å². The van der Waals surface area contributed by atoms with Gasteiger partial charge in [0, 0.05) is 57.6 Å². The van der Waals surface area contributed by atoms with Crippen molar-refractivity contribution in [2.45, 2.75) is 64.8 Å². The van der Waals surface area contributed by atoms with E-state index in [0.717, 1.165) is 43.0 Å². The summed E-state index contributed by atoms with van der Waals surface area (Å²) in [7, 11) is 4.05. The van der Waals surface area contributed by atoms with Crippen molar-refractivity contribution in [1.29, 1.82) is 0 Å². The van der Waals surface area contributed by atoms with Crippen molar-refractivity contribution in [3.8, 4) is 0 Å². The van der Waals surface area contributed by atoms with E-state index in [2.05, 4.69) is 39.2 Å². The Labute approximate surface area is 185 Å². The Balaban J connectivity index is 1.38. The molecule has 2 fully saturated rings. The van der Waals surface area contributed by atoms with Gasteiger partial charge in [0.15, 0.2) is 0 Å². The van der Waals surface area contributed by atoms with Gasteiger partial charge in [0.1, 0.15) is 5.82 Å². The van der Waals surface area contributed by atoms with Crippen LogP contribution in [0.5, 0.6) is 0 Å². The zero-order chi connectivity index (χ0) is 22.0. The molecule has 1 aliphatic carbocycles. The van der Waals surface area contributed by atoms with E-state index in [-0.39, 0.29) is 0 Å². The van der Waals surface area contributed by atoms with Crippen LogP contribution < -0.4 is 10.2 Å². The number of piperidine rings is 1. The van der Waals surface area contributed by atoms with Crippen LogP contribution in [0.2, 0.25) is 0 Å². The van der Waals surface area contributed by atoms with Gasteiger partial charge in [-0.05, 0) is 50.9 Å². The lowest BCUT2D eigenvalue weighted by atomic mass is 9.66. The third-order valence-electron chi connectivity index (χ3n) is 7.28. The molecule has 168 valence electrons. The summed E-state index contributed by atoms with van der Waals surface area (Å²) in [5, 5.41) is 7.44. The van der Waals surface area contributed by atoms with Gasteiger partial charge in [-0.2, -0.15) is 10.1 Å². The number of carbonyl (C=O) groups is 1. The molecule has 0 unspecified atom stereocenters. The van der Waals surface area contributed by atoms with Crippen LogP contribution >= 0.6 is 0 Å². The fraction of sp³-hybridized carbons (Fsp3) is 0.652. The highest BCUT2D eigenvalue weighted by Gasteiger charge is 2.39. The van der Waals surface area contributed by atoms with Crippen molar-refractivity contribution in [2.75, 3.05) is 30.4 Å². The van der Waals surface area contributed by atoms with E-state index in [9.17, 15) is 4.79 Å². The van der Waals surface area contributed by atoms with Gasteiger partial charge in [-0.1, -0.05) is 6.92 Å². The number of likely N-dealkylation sites (tertiary alicyclic amines) is 1. The van der Waals surface area contributed by atoms with E-state index in [1.54, 1.807) is 10.9 Å². The largest absolute Gasteiger partial charge is 0.356 e. The second-order valence-corrected chi connectivity index (χ2v) is 9.30. The smallest absolute Gasteiger partial charge is 0.229 e. The average molecular weight is 426 g/mol. The molecule has 1 amide bonds. The molecular formula is C23H35N7O. The maximum atomic E-state index is 12.0. The van der Waals surface area contributed by atoms with Crippen molar-refractivity contribution < 1.29 is 4.79 Å². The number of amides is 1. The second kappa shape index (κ2) is 8.85. The van der Waals surface area contributed by atoms with Crippen molar-refractivity contribution in [2.24, 2.45) is 12.5 Å². The van der Waals surface area contributed by atoms with E-state index >= 15 is 0 Å². The summed E-state index contributed by atoms with van der Waals surface area (Å²) in [4.78, 5) is 25.7. The Morgan fingerprint density at radius 3 is 2.55 bits per heavy atom. The van der Waals surface area contributed by atoms with E-state index in [4.69, 9.17) is 4.98 Å². The molecule has 0 aromatic carbocycles. The average Bonchev–Trinajstić information content (AvgIpc) is 3.19. The monoisotopic (exact) mass is 425 g/mol. The number of aromatic nitrogens is 4. The number of aryl methyl sites for hydroxylation is 2. The van der Waals surface area contributed by atoms with Gasteiger partial charge in [0.25, 0.3) is 0 Å². The predicted molar refractivity (Wildman–Crippen MR) is 122 cm³/mol. The minimum Gasteiger partial charge on any atom is -0.356 e. The first-order valence-corrected chi connectivity index (χ1v) is 11.5. The molecule has 8 nitrogen and oxygen atoms in total. The molecule has 1 saturated carbocycles. The fourth-order valence-corrected chi connectivity index (χ4v) is 5.19. The molecule has 1 spiro atoms. The van der Waals surface area contributed by atoms with Gasteiger partial charge in [-0.25, -0.2) is 4.98 Å². The third kappa shape index (κ3) is 4.67. The first-order valence-electron chi connectivity index (χ1n) is 11.5. The van der Waals surface area contributed by atoms with Crippen LogP contribution in [0, 0.1) is 12.3 Å². The highest BCUT2D eigenvalue weighted by molar-refractivity contribution is 5.75. The molecule has 4 rings (SSSR count). The Morgan fingerprint density at radius 2 is 1.94 bits per heavy atom. The molecule has 1 N–H and O–H groups in total. The maximum Gasteiger partial charge on any atom is 0.229 e. The second-order valence-electron chi connectivity index (χ2n) is 9.30. The number of hydrogen-bond acceptors (Lipinski definition) is 6. The lowest BCUT2D eigenvalue weighted by Crippen LogP contribution is -2.46. The Bertz CT molecular complexity index is 906. The molecule has 3 heterocycles. The first kappa shape index (κ1) is 21.6. The number of nitrogens with zero attached hydrogens (tertiary/aromatic N) is 6. The van der Waals surface area contributed by atoms with Gasteiger partial charge < -0.3 is 15.1 Å². The van der Waals surface area contributed by atoms with E-state index in [0.29, 0.717) is 29.7 Å². The lowest BCUT2D eigenvalue weighted by molar-refractivity contribution is -0.133. The highest BCUT2D eigenvalue weighted by Crippen LogP contribution is 2.46. The summed E-state index contributed by atoms with van der Waals surface area (Å²) < 4.78 is 1.75. The van der Waals surface area contributed by atoms with Crippen LogP contribution in [-0.4, -0.2) is 56.7 Å². The molecule has 0 atom stereocenters. The van der Waals surface area contributed by atoms with Gasteiger partial charge in [-0.15, -0.1) is 0 Å². The summed E-state index contributed by atoms with van der Waals surface area (Å²) in [6.07, 6.45) is 13.3. The molecule has 0 radical (unpaired) electrons. The minimum atomic E-state index is 0.304. The third-order valence-corrected chi connectivity index (χ3v) is 7.28. The molecule has 2 aromatic rings. The van der Waals surface area contributed by atoms with Gasteiger partial charge in [0.2, 0.25) is 11.9 Å². The Morgan fingerprint density at radius 1 is 1.23 bits per heavy atom. The maximum absolute atomic E-state index is 12.0. The van der Waals surface area contributed by atoms with Crippen LogP contribution in [-0.2, 0) is 11.8 Å². The highest BCUT2D eigenvalue weighted by atomic mass is 16.2. The topological polar surface area (TPSA) is 79.2 Å². The van der Waals surface area contributed by atoms with Crippen LogP contribution in [0.15, 0.2) is 18.6 Å². The molecule has 2 aromatic heterocycles. The molecule has 1 aliphatic heterocycles. The van der Waals surface area contributed by atoms with Crippen molar-refractivity contribution in [3.63, 3.8) is 0 Å². The Hall–Kier alpha value is -2.64. The quantitative estimate of drug-likeness (QED) is 0.788. The summed E-state index contributed by atoms with van der Waals surface area (Å²) in [6.45, 7) is 5.90. The zero-order valence-corrected chi connectivity index (χ0v) is 19.3. The summed E-state index contributed by atoms with van der Waals surface area (Å²) in [6, 6.07) is 0.487. The van der Waals surface area contributed by atoms with Crippen LogP contribution in [0.25, 0.3) is 0 Å². The van der Waals surface area contributed by atoms with Gasteiger partial charge in [-0.3, -0.25) is 9.48 Å². The molecule has 0 bridgehead atoms. The molecule has 31 heavy (non-hydrogen) atoms. The normalized spacial score (nSPS) is 18.9. The van der Waals surface area contributed by atoms with E-state index in [1.165, 1.54) is 25.7 Å². The zero-order valence-electron chi connectivity index (χ0n) is 19.3. The Kier molecular flexibility index (Phi) is 6.16. The van der Waals surface area contributed by atoms with Gasteiger partial charge in [0.05, 0.1) is 11.9 Å². The molecule has 1 saturated heterocycles. The summed E-state index contributed by atoms with van der Waals surface area (Å²) in [5.41, 5.74) is 2.40.